The number of hydrogen-bond acceptors (Lipinski definition) is 8. The van der Waals surface area contributed by atoms with Gasteiger partial charge >= 0.3 is 12.1 Å². The maximum absolute atomic E-state index is 11.7. The number of aliphatic carboxylic acids is 1. The topological polar surface area (TPSA) is 136 Å². The highest BCUT2D eigenvalue weighted by molar-refractivity contribution is 7.13. The minimum Gasteiger partial charge on any atom is -0.476 e. The molecule has 2 rings (SSSR count). The lowest BCUT2D eigenvalue weighted by Crippen LogP contribution is -2.38. The number of ether oxygens (including phenoxy) is 1. The highest BCUT2D eigenvalue weighted by Gasteiger charge is 2.34. The molecule has 1 aliphatic rings. The van der Waals surface area contributed by atoms with Gasteiger partial charge in [-0.2, -0.15) is 0 Å². The van der Waals surface area contributed by atoms with E-state index in [9.17, 15) is 14.7 Å². The molecule has 1 amide bonds. The molecule has 1 aliphatic carbocycles. The Labute approximate surface area is 149 Å². The predicted molar refractivity (Wildman–Crippen MR) is 92.5 cm³/mol. The second-order valence-electron chi connectivity index (χ2n) is 6.68. The summed E-state index contributed by atoms with van der Waals surface area (Å²) in [4.78, 5) is 32.4. The van der Waals surface area contributed by atoms with Crippen LogP contribution >= 0.6 is 11.3 Å². The number of rotatable bonds is 7. The summed E-state index contributed by atoms with van der Waals surface area (Å²) in [5, 5.41) is 17.4. The molecule has 1 aromatic rings. The lowest BCUT2D eigenvalue weighted by atomic mass is 10.2. The summed E-state index contributed by atoms with van der Waals surface area (Å²) in [6, 6.07) is 0. The number of thiazole rings is 1. The normalized spacial score (nSPS) is 16.2. The van der Waals surface area contributed by atoms with Crippen LogP contribution in [0.2, 0.25) is 0 Å². The Hall–Kier alpha value is -2.36. The van der Waals surface area contributed by atoms with E-state index in [0.717, 1.165) is 24.2 Å². The van der Waals surface area contributed by atoms with Gasteiger partial charge in [-0.1, -0.05) is 5.16 Å². The Morgan fingerprint density at radius 2 is 2.20 bits per heavy atom. The van der Waals surface area contributed by atoms with Gasteiger partial charge in [-0.3, -0.25) is 0 Å². The van der Waals surface area contributed by atoms with Gasteiger partial charge < -0.3 is 25.7 Å². The molecule has 0 saturated heterocycles. The van der Waals surface area contributed by atoms with Crippen LogP contribution in [-0.2, 0) is 14.4 Å². The van der Waals surface area contributed by atoms with Gasteiger partial charge in [0.1, 0.15) is 17.4 Å². The van der Waals surface area contributed by atoms with Gasteiger partial charge in [-0.25, -0.2) is 14.6 Å². The molecule has 25 heavy (non-hydrogen) atoms. The van der Waals surface area contributed by atoms with Crippen molar-refractivity contribution in [3.05, 3.63) is 11.1 Å². The van der Waals surface area contributed by atoms with Crippen molar-refractivity contribution in [3.63, 3.8) is 0 Å². The minimum atomic E-state index is -1.26. The number of amides is 1. The molecule has 9 nitrogen and oxygen atoms in total. The quantitative estimate of drug-likeness (QED) is 0.492. The fraction of sp³-hybridized carbons (Fsp3) is 0.600. The number of carboxylic acid groups (broad SMARTS) is 1. The first-order valence-corrected chi connectivity index (χ1v) is 8.69. The predicted octanol–water partition coefficient (Wildman–Crippen LogP) is 1.83. The molecule has 1 unspecified atom stereocenters. The zero-order valence-corrected chi connectivity index (χ0v) is 15.1. The van der Waals surface area contributed by atoms with E-state index < -0.39 is 23.8 Å². The summed E-state index contributed by atoms with van der Waals surface area (Å²) in [6.07, 6.45) is 0.874. The average molecular weight is 370 g/mol. The molecule has 1 aromatic heterocycles. The monoisotopic (exact) mass is 370 g/mol. The molecule has 0 aliphatic heterocycles. The summed E-state index contributed by atoms with van der Waals surface area (Å²) in [5.74, 6) is -1.05. The zero-order chi connectivity index (χ0) is 18.6. The number of alkyl carbamates (subject to hydrolysis) is 1. The Balaban J connectivity index is 1.98. The van der Waals surface area contributed by atoms with Crippen LogP contribution in [0.4, 0.5) is 9.93 Å². The number of nitrogens with one attached hydrogen (secondary N) is 1. The summed E-state index contributed by atoms with van der Waals surface area (Å²) >= 11 is 1.12. The Bertz CT molecular complexity index is 663. The number of nitrogens with two attached hydrogens (primary N) is 1. The second-order valence-corrected chi connectivity index (χ2v) is 7.57. The van der Waals surface area contributed by atoms with E-state index in [1.807, 2.05) is 0 Å². The Morgan fingerprint density at radius 3 is 2.68 bits per heavy atom. The average Bonchev–Trinajstić information content (AvgIpc) is 3.22. The molecule has 10 heteroatoms. The number of nitrogen functional groups attached to an aromatic ring is 1. The summed E-state index contributed by atoms with van der Waals surface area (Å²) in [7, 11) is 0. The van der Waals surface area contributed by atoms with Gasteiger partial charge in [-0.05, 0) is 33.6 Å². The number of carboxylic acids is 1. The summed E-state index contributed by atoms with van der Waals surface area (Å²) < 4.78 is 5.17. The van der Waals surface area contributed by atoms with E-state index in [1.165, 1.54) is 5.38 Å². The lowest BCUT2D eigenvalue weighted by molar-refractivity contribution is -0.129. The molecule has 1 atom stereocenters. The molecule has 4 N–H and O–H groups in total. The van der Waals surface area contributed by atoms with Gasteiger partial charge in [0.05, 0.1) is 6.54 Å². The van der Waals surface area contributed by atoms with Gasteiger partial charge in [0.2, 0.25) is 5.71 Å². The zero-order valence-electron chi connectivity index (χ0n) is 14.3. The number of oxime groups is 1. The van der Waals surface area contributed by atoms with Gasteiger partial charge in [0, 0.05) is 11.3 Å². The molecule has 0 aromatic carbocycles. The highest BCUT2D eigenvalue weighted by Crippen LogP contribution is 2.34. The van der Waals surface area contributed by atoms with Crippen LogP contribution < -0.4 is 11.1 Å². The maximum atomic E-state index is 11.7. The third-order valence-corrected chi connectivity index (χ3v) is 3.91. The lowest BCUT2D eigenvalue weighted by Gasteiger charge is -2.21. The van der Waals surface area contributed by atoms with Crippen molar-refractivity contribution >= 4 is 34.2 Å². The van der Waals surface area contributed by atoms with Gasteiger partial charge in [0.15, 0.2) is 5.13 Å². The van der Waals surface area contributed by atoms with Crippen LogP contribution in [0.1, 0.15) is 39.3 Å². The Morgan fingerprint density at radius 1 is 1.52 bits per heavy atom. The van der Waals surface area contributed by atoms with Gasteiger partial charge in [-0.15, -0.1) is 11.3 Å². The fourth-order valence-electron chi connectivity index (χ4n) is 1.97. The van der Waals surface area contributed by atoms with Crippen LogP contribution in [0.3, 0.4) is 0 Å². The number of nitrogens with zero attached hydrogens (tertiary/aromatic N) is 2. The molecule has 0 spiro atoms. The molecule has 1 fully saturated rings. The summed E-state index contributed by atoms with van der Waals surface area (Å²) in [5.41, 5.74) is 4.74. The maximum Gasteiger partial charge on any atom is 0.407 e. The van der Waals surface area contributed by atoms with E-state index in [0.29, 0.717) is 0 Å². The number of carbonyl (C=O) groups is 2. The number of carbonyl (C=O) groups excluding carboxylic acids is 1. The van der Waals surface area contributed by atoms with E-state index in [-0.39, 0.29) is 29.0 Å². The summed E-state index contributed by atoms with van der Waals surface area (Å²) in [6.45, 7) is 5.48. The van der Waals surface area contributed by atoms with Crippen molar-refractivity contribution < 1.29 is 24.3 Å². The molecule has 0 bridgehead atoms. The van der Waals surface area contributed by atoms with Crippen LogP contribution in [0.15, 0.2) is 10.5 Å². The van der Waals surface area contributed by atoms with Crippen LogP contribution in [-0.4, -0.2) is 46.1 Å². The smallest absolute Gasteiger partial charge is 0.407 e. The first-order chi connectivity index (χ1) is 11.7. The number of anilines is 1. The van der Waals surface area contributed by atoms with E-state index in [1.54, 1.807) is 20.8 Å². The second kappa shape index (κ2) is 7.68. The van der Waals surface area contributed by atoms with Crippen molar-refractivity contribution in [3.8, 4) is 0 Å². The fourth-order valence-corrected chi connectivity index (χ4v) is 2.52. The minimum absolute atomic E-state index is 0.143. The van der Waals surface area contributed by atoms with Crippen LogP contribution in [0.25, 0.3) is 0 Å². The molecular weight excluding hydrogens is 348 g/mol. The molecule has 138 valence electrons. The van der Waals surface area contributed by atoms with E-state index in [4.69, 9.17) is 15.3 Å². The van der Waals surface area contributed by atoms with Crippen LogP contribution in [0, 0.1) is 5.92 Å². The largest absolute Gasteiger partial charge is 0.476 e. The van der Waals surface area contributed by atoms with E-state index >= 15 is 0 Å². The van der Waals surface area contributed by atoms with Crippen molar-refractivity contribution in [2.45, 2.75) is 45.3 Å². The SMILES string of the molecule is CC(C)(C)OC(=O)NCC(O/N=C(/C(=O)O)c1csc(N)n1)C1CC1. The first kappa shape index (κ1) is 19.0. The van der Waals surface area contributed by atoms with E-state index in [2.05, 4.69) is 15.5 Å². The molecule has 1 heterocycles. The standard InChI is InChI=1S/C15H22N4O5S/c1-15(2,3)23-14(22)17-6-10(8-4-5-8)24-19-11(12(20)21)9-7-25-13(16)18-9/h7-8,10H,4-6H2,1-3H3,(H2,16,18)(H,17,22)(H,20,21)/b19-11+. The highest BCUT2D eigenvalue weighted by atomic mass is 32.1. The molecule has 1 saturated carbocycles. The molecular formula is C15H22N4O5S. The number of aromatic nitrogens is 1. The molecule has 0 radical (unpaired) electrons. The Kier molecular flexibility index (Phi) is 5.83. The first-order valence-electron chi connectivity index (χ1n) is 7.81. The van der Waals surface area contributed by atoms with Crippen LogP contribution in [0.5, 0.6) is 0 Å². The van der Waals surface area contributed by atoms with Crippen molar-refractivity contribution in [2.24, 2.45) is 11.1 Å². The van der Waals surface area contributed by atoms with Gasteiger partial charge in [0.25, 0.3) is 0 Å². The van der Waals surface area contributed by atoms with Crippen molar-refractivity contribution in [1.82, 2.24) is 10.3 Å². The van der Waals surface area contributed by atoms with Crippen molar-refractivity contribution in [1.29, 1.82) is 0 Å². The van der Waals surface area contributed by atoms with Crippen molar-refractivity contribution in [2.75, 3.05) is 12.3 Å². The third-order valence-electron chi connectivity index (χ3n) is 3.24. The number of hydrogen-bond donors (Lipinski definition) is 3. The third kappa shape index (κ3) is 6.22.